The molecule has 0 radical (unpaired) electrons. The van der Waals surface area contributed by atoms with Crippen molar-refractivity contribution in [3.05, 3.63) is 29.3 Å². The fourth-order valence-corrected chi connectivity index (χ4v) is 5.66. The fraction of sp³-hybridized carbons (Fsp3) is 0.625. The van der Waals surface area contributed by atoms with Crippen molar-refractivity contribution < 1.29 is 8.42 Å². The monoisotopic (exact) mass is 308 g/mol. The molecule has 21 heavy (non-hydrogen) atoms. The van der Waals surface area contributed by atoms with Gasteiger partial charge in [-0.15, -0.1) is 0 Å². The molecule has 1 aromatic rings. The summed E-state index contributed by atoms with van der Waals surface area (Å²) in [5, 5.41) is 3.47. The van der Waals surface area contributed by atoms with Gasteiger partial charge in [-0.1, -0.05) is 17.7 Å². The molecule has 2 atom stereocenters. The van der Waals surface area contributed by atoms with Crippen LogP contribution in [0.15, 0.2) is 23.1 Å². The molecule has 0 amide bonds. The van der Waals surface area contributed by atoms with Gasteiger partial charge in [0.2, 0.25) is 10.0 Å². The van der Waals surface area contributed by atoms with Gasteiger partial charge in [0, 0.05) is 18.6 Å². The van der Waals surface area contributed by atoms with E-state index in [9.17, 15) is 8.42 Å². The predicted octanol–water partition coefficient (Wildman–Crippen LogP) is 2.21. The average molecular weight is 308 g/mol. The van der Waals surface area contributed by atoms with Gasteiger partial charge in [0.05, 0.1) is 4.90 Å². The molecule has 1 aromatic carbocycles. The van der Waals surface area contributed by atoms with Crippen LogP contribution < -0.4 is 5.32 Å². The molecule has 2 aliphatic heterocycles. The van der Waals surface area contributed by atoms with Crippen molar-refractivity contribution in [2.75, 3.05) is 13.1 Å². The van der Waals surface area contributed by atoms with Crippen molar-refractivity contribution >= 4 is 10.0 Å². The van der Waals surface area contributed by atoms with Crippen LogP contribution in [0.4, 0.5) is 0 Å². The van der Waals surface area contributed by atoms with E-state index in [0.29, 0.717) is 17.5 Å². The van der Waals surface area contributed by atoms with Gasteiger partial charge in [0.25, 0.3) is 0 Å². The van der Waals surface area contributed by atoms with Gasteiger partial charge in [0.15, 0.2) is 0 Å². The summed E-state index contributed by atoms with van der Waals surface area (Å²) in [6, 6.07) is 6.05. The summed E-state index contributed by atoms with van der Waals surface area (Å²) in [7, 11) is -3.38. The smallest absolute Gasteiger partial charge is 0.243 e. The van der Waals surface area contributed by atoms with Crippen LogP contribution >= 0.6 is 0 Å². The Labute approximate surface area is 127 Å². The summed E-state index contributed by atoms with van der Waals surface area (Å²) in [5.41, 5.74) is 1.95. The van der Waals surface area contributed by atoms with E-state index in [0.717, 1.165) is 43.4 Å². The Morgan fingerprint density at radius 1 is 1.19 bits per heavy atom. The molecule has 5 heteroatoms. The van der Waals surface area contributed by atoms with Gasteiger partial charge in [-0.05, 0) is 57.7 Å². The first-order valence-electron chi connectivity index (χ1n) is 7.82. The largest absolute Gasteiger partial charge is 0.312 e. The molecule has 0 saturated carbocycles. The van der Waals surface area contributed by atoms with Crippen LogP contribution in [0.3, 0.4) is 0 Å². The molecule has 0 aromatic heterocycles. The number of aryl methyl sites for hydroxylation is 2. The standard InChI is InChI=1S/C16H24N2O2S/c1-12-7-8-16(13(2)11-12)21(19,20)18-10-4-6-15(18)14-5-3-9-17-14/h7-8,11,14-15,17H,3-6,9-10H2,1-2H3. The van der Waals surface area contributed by atoms with Crippen LogP contribution in [-0.4, -0.2) is 37.9 Å². The summed E-state index contributed by atoms with van der Waals surface area (Å²) >= 11 is 0. The number of sulfonamides is 1. The Kier molecular flexibility index (Phi) is 4.08. The van der Waals surface area contributed by atoms with Crippen LogP contribution in [0.1, 0.15) is 36.8 Å². The van der Waals surface area contributed by atoms with Crippen LogP contribution in [0.2, 0.25) is 0 Å². The average Bonchev–Trinajstić information content (AvgIpc) is 3.09. The minimum absolute atomic E-state index is 0.123. The highest BCUT2D eigenvalue weighted by atomic mass is 32.2. The second-order valence-electron chi connectivity index (χ2n) is 6.30. The quantitative estimate of drug-likeness (QED) is 0.931. The summed E-state index contributed by atoms with van der Waals surface area (Å²) < 4.78 is 27.8. The maximum atomic E-state index is 13.0. The zero-order valence-electron chi connectivity index (χ0n) is 12.8. The Morgan fingerprint density at radius 3 is 2.67 bits per heavy atom. The highest BCUT2D eigenvalue weighted by Gasteiger charge is 2.40. The number of nitrogens with one attached hydrogen (secondary N) is 1. The predicted molar refractivity (Wildman–Crippen MR) is 83.9 cm³/mol. The van der Waals surface area contributed by atoms with Gasteiger partial charge in [-0.25, -0.2) is 8.42 Å². The third kappa shape index (κ3) is 2.74. The van der Waals surface area contributed by atoms with Crippen molar-refractivity contribution in [2.45, 2.75) is 56.5 Å². The normalized spacial score (nSPS) is 27.3. The lowest BCUT2D eigenvalue weighted by atomic mass is 10.1. The number of hydrogen-bond acceptors (Lipinski definition) is 3. The molecule has 0 bridgehead atoms. The first-order valence-corrected chi connectivity index (χ1v) is 9.26. The van der Waals surface area contributed by atoms with Crippen molar-refractivity contribution in [1.82, 2.24) is 9.62 Å². The maximum absolute atomic E-state index is 13.0. The number of rotatable bonds is 3. The Bertz CT molecular complexity index is 621. The highest BCUT2D eigenvalue weighted by molar-refractivity contribution is 7.89. The maximum Gasteiger partial charge on any atom is 0.243 e. The SMILES string of the molecule is Cc1ccc(S(=O)(=O)N2CCCC2C2CCCN2)c(C)c1. The molecule has 2 saturated heterocycles. The van der Waals surface area contributed by atoms with Gasteiger partial charge in [0.1, 0.15) is 0 Å². The van der Waals surface area contributed by atoms with E-state index in [1.165, 1.54) is 0 Å². The van der Waals surface area contributed by atoms with E-state index in [4.69, 9.17) is 0 Å². The minimum Gasteiger partial charge on any atom is -0.312 e. The molecule has 0 spiro atoms. The number of benzene rings is 1. The first-order chi connectivity index (χ1) is 10.00. The van der Waals surface area contributed by atoms with E-state index in [1.807, 2.05) is 26.0 Å². The molecule has 2 unspecified atom stereocenters. The number of nitrogens with zero attached hydrogens (tertiary/aromatic N) is 1. The second kappa shape index (κ2) is 5.71. The fourth-order valence-electron chi connectivity index (χ4n) is 3.72. The van der Waals surface area contributed by atoms with Gasteiger partial charge < -0.3 is 5.32 Å². The van der Waals surface area contributed by atoms with Gasteiger partial charge in [-0.3, -0.25) is 0 Å². The molecule has 2 aliphatic rings. The zero-order valence-corrected chi connectivity index (χ0v) is 13.6. The highest BCUT2D eigenvalue weighted by Crippen LogP contribution is 2.31. The summed E-state index contributed by atoms with van der Waals surface area (Å²) in [6.07, 6.45) is 4.18. The third-order valence-electron chi connectivity index (χ3n) is 4.73. The van der Waals surface area contributed by atoms with E-state index in [-0.39, 0.29) is 6.04 Å². The van der Waals surface area contributed by atoms with Crippen LogP contribution in [0.25, 0.3) is 0 Å². The van der Waals surface area contributed by atoms with Crippen LogP contribution in [0, 0.1) is 13.8 Å². The zero-order chi connectivity index (χ0) is 15.0. The molecular weight excluding hydrogens is 284 g/mol. The molecular formula is C16H24N2O2S. The lowest BCUT2D eigenvalue weighted by molar-refractivity contribution is 0.322. The Morgan fingerprint density at radius 2 is 2.00 bits per heavy atom. The summed E-state index contributed by atoms with van der Waals surface area (Å²) in [4.78, 5) is 0.470. The molecule has 2 heterocycles. The molecule has 3 rings (SSSR count). The van der Waals surface area contributed by atoms with Crippen molar-refractivity contribution in [3.8, 4) is 0 Å². The molecule has 0 aliphatic carbocycles. The summed E-state index contributed by atoms with van der Waals surface area (Å²) in [5.74, 6) is 0. The van der Waals surface area contributed by atoms with E-state index >= 15 is 0 Å². The van der Waals surface area contributed by atoms with Crippen molar-refractivity contribution in [2.24, 2.45) is 0 Å². The Balaban J connectivity index is 1.93. The molecule has 2 fully saturated rings. The lowest BCUT2D eigenvalue weighted by Crippen LogP contribution is -2.46. The minimum atomic E-state index is -3.38. The topological polar surface area (TPSA) is 49.4 Å². The molecule has 116 valence electrons. The van der Waals surface area contributed by atoms with Crippen LogP contribution in [-0.2, 0) is 10.0 Å². The Hall–Kier alpha value is -0.910. The first kappa shape index (κ1) is 15.0. The van der Waals surface area contributed by atoms with Gasteiger partial charge >= 0.3 is 0 Å². The van der Waals surface area contributed by atoms with Crippen LogP contribution in [0.5, 0.6) is 0 Å². The van der Waals surface area contributed by atoms with E-state index < -0.39 is 10.0 Å². The summed E-state index contributed by atoms with van der Waals surface area (Å²) in [6.45, 7) is 5.54. The third-order valence-corrected chi connectivity index (χ3v) is 6.81. The second-order valence-corrected chi connectivity index (χ2v) is 8.16. The lowest BCUT2D eigenvalue weighted by Gasteiger charge is -2.29. The molecule has 4 nitrogen and oxygen atoms in total. The number of hydrogen-bond donors (Lipinski definition) is 1. The van der Waals surface area contributed by atoms with E-state index in [2.05, 4.69) is 5.32 Å². The molecule has 1 N–H and O–H groups in total. The van der Waals surface area contributed by atoms with Crippen molar-refractivity contribution in [1.29, 1.82) is 0 Å². The van der Waals surface area contributed by atoms with E-state index in [1.54, 1.807) is 10.4 Å². The van der Waals surface area contributed by atoms with Gasteiger partial charge in [-0.2, -0.15) is 4.31 Å². The van der Waals surface area contributed by atoms with Crippen molar-refractivity contribution in [3.63, 3.8) is 0 Å².